The summed E-state index contributed by atoms with van der Waals surface area (Å²) < 4.78 is 7.00. The van der Waals surface area contributed by atoms with Crippen LogP contribution >= 0.6 is 0 Å². The van der Waals surface area contributed by atoms with Crippen LogP contribution in [0.4, 0.5) is 0 Å². The average Bonchev–Trinajstić information content (AvgIpc) is 2.89. The number of fused-ring (bicyclic) bond motifs is 3. The van der Waals surface area contributed by atoms with Crippen molar-refractivity contribution < 1.29 is 4.74 Å². The molecule has 0 saturated heterocycles. The fraction of sp³-hybridized carbons (Fsp3) is 0.0625. The molecule has 1 nitrogen and oxygen atoms in total. The number of benzene rings is 5. The van der Waals surface area contributed by atoms with E-state index in [4.69, 9.17) is 4.74 Å². The second-order valence-corrected chi connectivity index (χ2v) is 8.65. The lowest BCUT2D eigenvalue weighted by Crippen LogP contribution is -2.34. The van der Waals surface area contributed by atoms with E-state index in [1.165, 1.54) is 27.5 Å². The maximum atomic E-state index is 7.00. The first kappa shape index (κ1) is 19.6. The number of hydrogen-bond donors (Lipinski definition) is 0. The third-order valence-electron chi connectivity index (χ3n) is 6.57. The van der Waals surface area contributed by atoms with Crippen LogP contribution in [0.15, 0.2) is 121 Å². The highest BCUT2D eigenvalue weighted by molar-refractivity contribution is 6.03. The number of aryl methyl sites for hydroxylation is 1. The largest absolute Gasteiger partial charge is 0.473 e. The monoisotopic (exact) mass is 424 g/mol. The molecule has 0 saturated carbocycles. The Hall–Kier alpha value is -4.10. The molecule has 5 aromatic carbocycles. The van der Waals surface area contributed by atoms with Crippen molar-refractivity contribution in [2.75, 3.05) is 0 Å². The summed E-state index contributed by atoms with van der Waals surface area (Å²) in [5.74, 6) is 0.902. The molecule has 6 rings (SSSR count). The van der Waals surface area contributed by atoms with E-state index in [0.29, 0.717) is 0 Å². The molecular weight excluding hydrogens is 400 g/mol. The van der Waals surface area contributed by atoms with Gasteiger partial charge >= 0.3 is 0 Å². The summed E-state index contributed by atoms with van der Waals surface area (Å²) in [7, 11) is 0. The zero-order chi connectivity index (χ0) is 22.3. The zero-order valence-electron chi connectivity index (χ0n) is 18.5. The minimum absolute atomic E-state index is 0.678. The van der Waals surface area contributed by atoms with Gasteiger partial charge in [-0.25, -0.2) is 0 Å². The highest BCUT2D eigenvalue weighted by Gasteiger charge is 2.37. The average molecular weight is 425 g/mol. The van der Waals surface area contributed by atoms with Crippen molar-refractivity contribution in [3.05, 3.63) is 144 Å². The quantitative estimate of drug-likeness (QED) is 0.284. The van der Waals surface area contributed by atoms with Crippen molar-refractivity contribution in [2.24, 2.45) is 0 Å². The molecule has 33 heavy (non-hydrogen) atoms. The topological polar surface area (TPSA) is 9.23 Å². The van der Waals surface area contributed by atoms with Crippen LogP contribution in [-0.2, 0) is 5.60 Å². The van der Waals surface area contributed by atoms with Crippen LogP contribution in [0.25, 0.3) is 28.0 Å². The highest BCUT2D eigenvalue weighted by atomic mass is 16.5. The molecule has 0 spiro atoms. The van der Waals surface area contributed by atoms with Gasteiger partial charge in [0, 0.05) is 16.7 Å². The predicted octanol–water partition coefficient (Wildman–Crippen LogP) is 8.16. The molecule has 0 amide bonds. The molecule has 1 aliphatic heterocycles. The van der Waals surface area contributed by atoms with E-state index in [0.717, 1.165) is 22.4 Å². The number of ether oxygens (including phenoxy) is 1. The molecular formula is C32H24O. The fourth-order valence-corrected chi connectivity index (χ4v) is 4.86. The molecule has 0 unspecified atom stereocenters. The van der Waals surface area contributed by atoms with Crippen LogP contribution in [0.1, 0.15) is 22.3 Å². The van der Waals surface area contributed by atoms with Gasteiger partial charge in [-0.3, -0.25) is 0 Å². The molecule has 0 fully saturated rings. The zero-order valence-corrected chi connectivity index (χ0v) is 18.5. The molecule has 0 aliphatic carbocycles. The predicted molar refractivity (Wildman–Crippen MR) is 137 cm³/mol. The normalized spacial score (nSPS) is 14.0. The second kappa shape index (κ2) is 7.79. The summed E-state index contributed by atoms with van der Waals surface area (Å²) in [6.45, 7) is 2.12. The van der Waals surface area contributed by atoms with Gasteiger partial charge in [0.15, 0.2) is 5.60 Å². The van der Waals surface area contributed by atoms with E-state index in [9.17, 15) is 0 Å². The van der Waals surface area contributed by atoms with E-state index >= 15 is 0 Å². The molecule has 158 valence electrons. The molecule has 1 heteroatoms. The molecule has 1 aliphatic rings. The standard InChI is InChI=1S/C32H24O/c1-23-16-18-24(19-17-23)30-22-31-29(27-14-8-9-15-28(27)30)20-21-32(33-31,25-10-4-2-5-11-25)26-12-6-3-7-13-26/h2-22H,1H3. The van der Waals surface area contributed by atoms with Crippen LogP contribution < -0.4 is 4.74 Å². The lowest BCUT2D eigenvalue weighted by atomic mass is 9.82. The molecule has 0 radical (unpaired) electrons. The first-order valence-corrected chi connectivity index (χ1v) is 11.4. The molecule has 5 aromatic rings. The summed E-state index contributed by atoms with van der Waals surface area (Å²) in [6, 6.07) is 40.5. The summed E-state index contributed by atoms with van der Waals surface area (Å²) in [6.07, 6.45) is 4.44. The van der Waals surface area contributed by atoms with Crippen LogP contribution in [0, 0.1) is 6.92 Å². The summed E-state index contributed by atoms with van der Waals surface area (Å²) in [5.41, 5.74) is 6.32. The number of rotatable bonds is 3. The van der Waals surface area contributed by atoms with Gasteiger partial charge < -0.3 is 4.74 Å². The van der Waals surface area contributed by atoms with Gasteiger partial charge in [-0.15, -0.1) is 0 Å². The van der Waals surface area contributed by atoms with Crippen LogP contribution in [0.5, 0.6) is 5.75 Å². The molecule has 0 N–H and O–H groups in total. The summed E-state index contributed by atoms with van der Waals surface area (Å²) in [4.78, 5) is 0. The van der Waals surface area contributed by atoms with Crippen molar-refractivity contribution in [3.8, 4) is 16.9 Å². The molecule has 0 atom stereocenters. The third-order valence-corrected chi connectivity index (χ3v) is 6.57. The Morgan fingerprint density at radius 2 is 1.18 bits per heavy atom. The van der Waals surface area contributed by atoms with Gasteiger partial charge in [0.2, 0.25) is 0 Å². The first-order chi connectivity index (χ1) is 16.2. The third kappa shape index (κ3) is 3.25. The van der Waals surface area contributed by atoms with Gasteiger partial charge in [0.25, 0.3) is 0 Å². The number of hydrogen-bond acceptors (Lipinski definition) is 1. The van der Waals surface area contributed by atoms with Crippen molar-refractivity contribution >= 4 is 16.8 Å². The Labute approximate surface area is 194 Å². The Balaban J connectivity index is 1.61. The van der Waals surface area contributed by atoms with Gasteiger partial charge in [0.05, 0.1) is 0 Å². The van der Waals surface area contributed by atoms with Gasteiger partial charge in [-0.1, -0.05) is 115 Å². The van der Waals surface area contributed by atoms with Gasteiger partial charge in [-0.05, 0) is 47.0 Å². The van der Waals surface area contributed by atoms with Crippen molar-refractivity contribution in [1.82, 2.24) is 0 Å². The van der Waals surface area contributed by atoms with E-state index in [2.05, 4.69) is 122 Å². The summed E-state index contributed by atoms with van der Waals surface area (Å²) >= 11 is 0. The van der Waals surface area contributed by atoms with Crippen molar-refractivity contribution in [3.63, 3.8) is 0 Å². The lowest BCUT2D eigenvalue weighted by Gasteiger charge is -2.36. The second-order valence-electron chi connectivity index (χ2n) is 8.65. The fourth-order valence-electron chi connectivity index (χ4n) is 4.86. The van der Waals surface area contributed by atoms with Crippen LogP contribution in [0.3, 0.4) is 0 Å². The van der Waals surface area contributed by atoms with Gasteiger partial charge in [-0.2, -0.15) is 0 Å². The molecule has 0 aromatic heterocycles. The maximum absolute atomic E-state index is 7.00. The minimum atomic E-state index is -0.678. The molecule has 0 bridgehead atoms. The van der Waals surface area contributed by atoms with E-state index < -0.39 is 5.60 Å². The van der Waals surface area contributed by atoms with Crippen molar-refractivity contribution in [1.29, 1.82) is 0 Å². The first-order valence-electron chi connectivity index (χ1n) is 11.4. The van der Waals surface area contributed by atoms with E-state index in [-0.39, 0.29) is 0 Å². The highest BCUT2D eigenvalue weighted by Crippen LogP contribution is 2.46. The van der Waals surface area contributed by atoms with Crippen molar-refractivity contribution in [2.45, 2.75) is 12.5 Å². The molecule has 1 heterocycles. The van der Waals surface area contributed by atoms with E-state index in [1.807, 2.05) is 12.1 Å². The smallest absolute Gasteiger partial charge is 0.178 e. The minimum Gasteiger partial charge on any atom is -0.473 e. The Kier molecular flexibility index (Phi) is 4.62. The van der Waals surface area contributed by atoms with Gasteiger partial charge in [0.1, 0.15) is 5.75 Å². The van der Waals surface area contributed by atoms with Crippen LogP contribution in [0.2, 0.25) is 0 Å². The Bertz CT molecular complexity index is 1420. The maximum Gasteiger partial charge on any atom is 0.178 e. The Morgan fingerprint density at radius 1 is 0.606 bits per heavy atom. The summed E-state index contributed by atoms with van der Waals surface area (Å²) in [5, 5.41) is 2.44. The SMILES string of the molecule is Cc1ccc(-c2cc3c(c4ccccc24)C=CC(c2ccccc2)(c2ccccc2)O3)cc1. The lowest BCUT2D eigenvalue weighted by molar-refractivity contribution is 0.161. The Morgan fingerprint density at radius 3 is 1.82 bits per heavy atom. The van der Waals surface area contributed by atoms with Crippen LogP contribution in [-0.4, -0.2) is 0 Å². The van der Waals surface area contributed by atoms with E-state index in [1.54, 1.807) is 0 Å².